The second-order valence-electron chi connectivity index (χ2n) is 4.13. The maximum absolute atomic E-state index is 13.3. The first-order chi connectivity index (χ1) is 8.58. The number of hydrogen-bond acceptors (Lipinski definition) is 2. The van der Waals surface area contributed by atoms with Crippen molar-refractivity contribution in [1.29, 1.82) is 0 Å². The van der Waals surface area contributed by atoms with Crippen LogP contribution in [-0.2, 0) is 0 Å². The molecule has 0 heterocycles. The lowest BCUT2D eigenvalue weighted by molar-refractivity contribution is 0.622. The Morgan fingerprint density at radius 2 is 1.89 bits per heavy atom. The molecule has 1 unspecified atom stereocenters. The van der Waals surface area contributed by atoms with Crippen molar-refractivity contribution in [2.24, 2.45) is 0 Å². The molecule has 2 aromatic rings. The second kappa shape index (κ2) is 5.40. The molecule has 2 rings (SSSR count). The lowest BCUT2D eigenvalue weighted by Crippen LogP contribution is -2.08. The van der Waals surface area contributed by atoms with Crippen LogP contribution in [0.25, 0.3) is 0 Å². The van der Waals surface area contributed by atoms with Crippen LogP contribution in [0.2, 0.25) is 0 Å². The minimum absolute atomic E-state index is 0.103. The van der Waals surface area contributed by atoms with Gasteiger partial charge in [-0.25, -0.2) is 4.39 Å². The van der Waals surface area contributed by atoms with Crippen LogP contribution >= 0.6 is 15.9 Å². The van der Waals surface area contributed by atoms with Gasteiger partial charge in [0.1, 0.15) is 5.82 Å². The van der Waals surface area contributed by atoms with Gasteiger partial charge in [0.05, 0.1) is 15.8 Å². The molecule has 2 aromatic carbocycles. The zero-order chi connectivity index (χ0) is 13.1. The molecule has 0 spiro atoms. The molecule has 0 saturated carbocycles. The van der Waals surface area contributed by atoms with Crippen molar-refractivity contribution in [2.75, 3.05) is 11.1 Å². The van der Waals surface area contributed by atoms with Gasteiger partial charge in [0.2, 0.25) is 0 Å². The first-order valence-corrected chi connectivity index (χ1v) is 6.43. The lowest BCUT2D eigenvalue weighted by Gasteiger charge is -2.17. The number of rotatable bonds is 3. The van der Waals surface area contributed by atoms with Gasteiger partial charge in [0, 0.05) is 12.1 Å². The number of nitrogens with one attached hydrogen (secondary N) is 1. The summed E-state index contributed by atoms with van der Waals surface area (Å²) in [6.07, 6.45) is 0. The average Bonchev–Trinajstić information content (AvgIpc) is 2.37. The topological polar surface area (TPSA) is 38.0 Å². The van der Waals surface area contributed by atoms with Gasteiger partial charge in [0.15, 0.2) is 0 Å². The molecule has 0 aliphatic rings. The Morgan fingerprint density at radius 3 is 2.56 bits per heavy atom. The van der Waals surface area contributed by atoms with Crippen molar-refractivity contribution in [3.63, 3.8) is 0 Å². The lowest BCUT2D eigenvalue weighted by atomic mass is 10.1. The number of anilines is 2. The van der Waals surface area contributed by atoms with Crippen molar-refractivity contribution in [3.05, 3.63) is 58.3 Å². The van der Waals surface area contributed by atoms with E-state index in [9.17, 15) is 4.39 Å². The predicted molar refractivity (Wildman–Crippen MR) is 77.0 cm³/mol. The zero-order valence-corrected chi connectivity index (χ0v) is 11.5. The van der Waals surface area contributed by atoms with Crippen LogP contribution in [0.4, 0.5) is 15.8 Å². The maximum atomic E-state index is 13.3. The van der Waals surface area contributed by atoms with Crippen LogP contribution in [0.5, 0.6) is 0 Å². The fourth-order valence-electron chi connectivity index (χ4n) is 1.75. The van der Waals surface area contributed by atoms with E-state index in [1.807, 2.05) is 37.3 Å². The number of nitrogen functional groups attached to an aromatic ring is 1. The Morgan fingerprint density at radius 1 is 1.22 bits per heavy atom. The van der Waals surface area contributed by atoms with Gasteiger partial charge in [-0.05, 0) is 34.5 Å². The van der Waals surface area contributed by atoms with Crippen LogP contribution in [0.1, 0.15) is 18.5 Å². The van der Waals surface area contributed by atoms with Crippen molar-refractivity contribution in [2.45, 2.75) is 13.0 Å². The fraction of sp³-hybridized carbons (Fsp3) is 0.143. The molecule has 3 N–H and O–H groups in total. The SMILES string of the molecule is CC(Nc1cc(Br)c(F)cc1N)c1ccccc1. The van der Waals surface area contributed by atoms with Crippen LogP contribution in [0.3, 0.4) is 0 Å². The highest BCUT2D eigenvalue weighted by atomic mass is 79.9. The van der Waals surface area contributed by atoms with Crippen LogP contribution in [-0.4, -0.2) is 0 Å². The van der Waals surface area contributed by atoms with E-state index in [1.54, 1.807) is 6.07 Å². The van der Waals surface area contributed by atoms with E-state index in [-0.39, 0.29) is 11.9 Å². The highest BCUT2D eigenvalue weighted by Gasteiger charge is 2.09. The summed E-state index contributed by atoms with van der Waals surface area (Å²) in [4.78, 5) is 0. The summed E-state index contributed by atoms with van der Waals surface area (Å²) >= 11 is 3.16. The molecule has 94 valence electrons. The normalized spacial score (nSPS) is 12.2. The van der Waals surface area contributed by atoms with E-state index >= 15 is 0 Å². The van der Waals surface area contributed by atoms with Crippen molar-refractivity contribution in [1.82, 2.24) is 0 Å². The maximum Gasteiger partial charge on any atom is 0.139 e. The molecule has 0 saturated heterocycles. The molecule has 0 aliphatic carbocycles. The Bertz CT molecular complexity index is 543. The molecular formula is C14H14BrFN2. The van der Waals surface area contributed by atoms with Gasteiger partial charge in [0.25, 0.3) is 0 Å². The Hall–Kier alpha value is -1.55. The Balaban J connectivity index is 2.22. The third-order valence-electron chi connectivity index (χ3n) is 2.76. The number of hydrogen-bond donors (Lipinski definition) is 2. The summed E-state index contributed by atoms with van der Waals surface area (Å²) in [5.41, 5.74) is 8.07. The highest BCUT2D eigenvalue weighted by Crippen LogP contribution is 2.29. The predicted octanol–water partition coefficient (Wildman–Crippen LogP) is 4.34. The Kier molecular flexibility index (Phi) is 3.87. The molecule has 0 bridgehead atoms. The zero-order valence-electron chi connectivity index (χ0n) is 9.95. The van der Waals surface area contributed by atoms with Crippen molar-refractivity contribution < 1.29 is 4.39 Å². The molecule has 4 heteroatoms. The van der Waals surface area contributed by atoms with E-state index in [0.717, 1.165) is 11.3 Å². The third kappa shape index (κ3) is 2.82. The summed E-state index contributed by atoms with van der Waals surface area (Å²) in [6.45, 7) is 2.03. The van der Waals surface area contributed by atoms with Gasteiger partial charge in [-0.15, -0.1) is 0 Å². The van der Waals surface area contributed by atoms with Crippen LogP contribution in [0.15, 0.2) is 46.9 Å². The van der Waals surface area contributed by atoms with Crippen LogP contribution < -0.4 is 11.1 Å². The van der Waals surface area contributed by atoms with Crippen LogP contribution in [0, 0.1) is 5.82 Å². The second-order valence-corrected chi connectivity index (χ2v) is 4.98. The summed E-state index contributed by atoms with van der Waals surface area (Å²) in [7, 11) is 0. The van der Waals surface area contributed by atoms with Crippen molar-refractivity contribution in [3.8, 4) is 0 Å². The van der Waals surface area contributed by atoms with E-state index < -0.39 is 0 Å². The highest BCUT2D eigenvalue weighted by molar-refractivity contribution is 9.10. The van der Waals surface area contributed by atoms with Crippen molar-refractivity contribution >= 4 is 27.3 Å². The van der Waals surface area contributed by atoms with E-state index in [1.165, 1.54) is 6.07 Å². The quantitative estimate of drug-likeness (QED) is 0.828. The smallest absolute Gasteiger partial charge is 0.139 e. The van der Waals surface area contributed by atoms with E-state index in [0.29, 0.717) is 10.2 Å². The third-order valence-corrected chi connectivity index (χ3v) is 3.37. The van der Waals surface area contributed by atoms with Gasteiger partial charge in [-0.2, -0.15) is 0 Å². The summed E-state index contributed by atoms with van der Waals surface area (Å²) in [5, 5.41) is 3.27. The molecule has 0 radical (unpaired) electrons. The van der Waals surface area contributed by atoms with E-state index in [4.69, 9.17) is 5.73 Å². The number of halogens is 2. The van der Waals surface area contributed by atoms with E-state index in [2.05, 4.69) is 21.2 Å². The summed E-state index contributed by atoms with van der Waals surface area (Å²) in [6, 6.07) is 13.1. The molecular weight excluding hydrogens is 295 g/mol. The summed E-state index contributed by atoms with van der Waals surface area (Å²) < 4.78 is 13.7. The molecule has 1 atom stereocenters. The van der Waals surface area contributed by atoms with Gasteiger partial charge in [-0.1, -0.05) is 30.3 Å². The summed E-state index contributed by atoms with van der Waals surface area (Å²) in [5.74, 6) is -0.356. The number of benzene rings is 2. The first-order valence-electron chi connectivity index (χ1n) is 5.64. The first kappa shape index (κ1) is 12.9. The molecule has 0 aromatic heterocycles. The Labute approximate surface area is 114 Å². The number of nitrogens with two attached hydrogens (primary N) is 1. The molecule has 0 aliphatic heterocycles. The standard InChI is InChI=1S/C14H14BrFN2/c1-9(10-5-3-2-4-6-10)18-14-7-11(15)12(16)8-13(14)17/h2-9,18H,17H2,1H3. The minimum Gasteiger partial charge on any atom is -0.397 e. The monoisotopic (exact) mass is 308 g/mol. The molecule has 0 fully saturated rings. The largest absolute Gasteiger partial charge is 0.397 e. The average molecular weight is 309 g/mol. The molecule has 18 heavy (non-hydrogen) atoms. The molecule has 2 nitrogen and oxygen atoms in total. The van der Waals surface area contributed by atoms with Gasteiger partial charge in [-0.3, -0.25) is 0 Å². The minimum atomic E-state index is -0.356. The van der Waals surface area contributed by atoms with Gasteiger partial charge >= 0.3 is 0 Å². The fourth-order valence-corrected chi connectivity index (χ4v) is 2.09. The van der Waals surface area contributed by atoms with Gasteiger partial charge < -0.3 is 11.1 Å². The molecule has 0 amide bonds.